The number of aliphatic hydroxyl groups is 19. The molecule has 0 aromatic carbocycles. The molecule has 0 bridgehead atoms. The van der Waals surface area contributed by atoms with Gasteiger partial charge in [0, 0.05) is 84.8 Å². The molecule has 6 fully saturated rings. The molecule has 6 aliphatic rings. The Balaban J connectivity index is 0.000000504. The van der Waals surface area contributed by atoms with E-state index in [2.05, 4.69) is 37.2 Å². The van der Waals surface area contributed by atoms with E-state index >= 15 is 0 Å². The second-order valence-electron chi connectivity index (χ2n) is 29.7. The molecule has 0 radical (unpaired) electrons. The molecule has 0 aromatic rings. The molecule has 708 valence electrons. The largest absolute Gasteiger partial charge is 0.394 e. The van der Waals surface area contributed by atoms with Crippen LogP contribution in [0.2, 0.25) is 0 Å². The number of amides is 8. The third-order valence-corrected chi connectivity index (χ3v) is 20.0. The molecule has 0 aromatic heterocycles. The Labute approximate surface area is 703 Å². The number of hydrogen-bond donors (Lipinski definition) is 26. The van der Waals surface area contributed by atoms with Crippen LogP contribution in [0.15, 0.2) is 0 Å². The Bertz CT molecular complexity index is 3100. The summed E-state index contributed by atoms with van der Waals surface area (Å²) in [6, 6.07) is 0. The van der Waals surface area contributed by atoms with Crippen molar-refractivity contribution in [2.24, 2.45) is 0 Å². The van der Waals surface area contributed by atoms with E-state index in [1.807, 2.05) is 6.92 Å². The Hall–Kier alpha value is -5.69. The molecular weight excluding hydrogens is 1640 g/mol. The maximum Gasteiger partial charge on any atom is 0.242 e. The third kappa shape index (κ3) is 35.5. The predicted octanol–water partition coefficient (Wildman–Crippen LogP) is -14.3. The normalized spacial score (nSPS) is 34.0. The van der Waals surface area contributed by atoms with Gasteiger partial charge < -0.3 is 191 Å². The van der Waals surface area contributed by atoms with E-state index in [1.54, 1.807) is 27.8 Å². The Morgan fingerprint density at radius 3 is 1.14 bits per heavy atom. The van der Waals surface area contributed by atoms with Crippen LogP contribution in [0.4, 0.5) is 0 Å². The average Bonchev–Trinajstić information content (AvgIpc) is 0.779. The van der Waals surface area contributed by atoms with Crippen LogP contribution in [0.1, 0.15) is 98.8 Å². The van der Waals surface area contributed by atoms with Gasteiger partial charge in [-0.2, -0.15) is 0 Å². The average molecular weight is 1770 g/mol. The van der Waals surface area contributed by atoms with Crippen LogP contribution >= 0.6 is 0 Å². The summed E-state index contributed by atoms with van der Waals surface area (Å²) in [5.41, 5.74) is 0. The second-order valence-corrected chi connectivity index (χ2v) is 29.7. The molecule has 26 N–H and O–H groups in total. The highest BCUT2D eigenvalue weighted by atomic mass is 16.8. The maximum atomic E-state index is 13.2. The minimum absolute atomic E-state index is 0.0283. The molecule has 0 unspecified atom stereocenters. The van der Waals surface area contributed by atoms with Crippen molar-refractivity contribution in [3.05, 3.63) is 0 Å². The quantitative estimate of drug-likeness (QED) is 0.0252. The molecule has 122 heavy (non-hydrogen) atoms. The summed E-state index contributed by atoms with van der Waals surface area (Å²) in [7, 11) is 2.98. The standard InChI is InChI=1S/C42H75N5O25.C17H30N2O8.C14H26N2O7/c1-3-43-23(50)7-5-4-6-8-44-24(51)13-47(14-25(52)45-9-11-65-39-34(61)31(58)27(54)19(2)68-39)15-26(53)46-10-12-66-41-37(64)38(72-42-36(63)33(60)29(56)21(17-49)70-42)30(57)22(71-41)18-67-40-35(62)32(59)28(55)20(16-48)69-40;1-10-14(23)15(24)16(25)17(27-10)26-8-4-5-11(20)6-7-12(21)19(3)13(22)9-18-2;1-3-15-9(17)4-5-10(18)16-6-7-22-14-13(21)12(20)11(19)8(2)23-14/h19-22,27-42,48-49,54-64H,3-18H2,1-2H3,(H,43,50)(H,44,51)(H,45,52)(H,46,53);10,14-18,23-25H,4-9H2,1-3H3;8,11-14,19-21H,3-7H2,1-2H3,(H,15,17)(H,16,18)/t19-,20+,21+,22+,27+,28+,29+,30+,31+,32-,33-,34-,35-,36-,37-,38-,39+,40-,41+,42+;10-,14+,15+,16-,17+;8-,11+,12+,13-,14+/m000/s1. The first-order valence-corrected chi connectivity index (χ1v) is 40.5. The van der Waals surface area contributed by atoms with E-state index in [0.29, 0.717) is 45.2 Å². The molecule has 30 atom stereocenters. The van der Waals surface area contributed by atoms with Crippen molar-refractivity contribution in [3.63, 3.8) is 0 Å². The number of hydrogen-bond acceptors (Lipinski definition) is 42. The first-order chi connectivity index (χ1) is 57.8. The van der Waals surface area contributed by atoms with Gasteiger partial charge in [-0.1, -0.05) is 6.42 Å². The lowest BCUT2D eigenvalue weighted by molar-refractivity contribution is -0.366. The van der Waals surface area contributed by atoms with Gasteiger partial charge in [0.1, 0.15) is 134 Å². The number of ether oxygens (including phenoxy) is 12. The SMILES string of the molecule is CCNC(=O)CCC(=O)NCCO[C@@H]1O[C@@H](C)[C@@H](O)[C@@H](O)[C@@H]1O.CCNC(=O)CCCCCNC(=O)CN(CC(=O)NCCO[C@@H]1O[C@@H](C)[C@@H](O)[C@@H](O)[C@@H]1O)CC(=O)NCCO[C@@H]1O[C@H](CO[C@H]2O[C@H](CO)[C@@H](O)[C@H](O)[C@@H]2O)[C@@H](O)[C@H](O[C@H]2O[C@H](CO)[C@@H](O)[C@H](O)[C@@H]2O)[C@@H]1O.CNCC(=O)N(C)C(=O)CCC(=O)CCCO[C@@H]1O[C@@H](C)[C@@H](O)[C@@H](O)[C@@H]1O. The van der Waals surface area contributed by atoms with E-state index in [0.717, 1.165) is 4.90 Å². The van der Waals surface area contributed by atoms with Crippen molar-refractivity contribution in [2.75, 3.05) is 126 Å². The zero-order chi connectivity index (χ0) is 91.2. The number of ketones is 1. The van der Waals surface area contributed by atoms with Crippen molar-refractivity contribution in [1.82, 2.24) is 47.0 Å². The number of Topliss-reactive ketones (excluding diaryl/α,β-unsaturated/α-hetero) is 1. The molecular formula is C73H131N9O40. The fourth-order valence-electron chi connectivity index (χ4n) is 12.7. The number of carbonyl (C=O) groups excluding carboxylic acids is 9. The van der Waals surface area contributed by atoms with Gasteiger partial charge in [0.05, 0.1) is 90.7 Å². The van der Waals surface area contributed by atoms with Crippen LogP contribution in [0.5, 0.6) is 0 Å². The van der Waals surface area contributed by atoms with Crippen LogP contribution in [0, 0.1) is 0 Å². The van der Waals surface area contributed by atoms with Crippen LogP contribution < -0.4 is 37.2 Å². The highest BCUT2D eigenvalue weighted by molar-refractivity contribution is 5.97. The summed E-state index contributed by atoms with van der Waals surface area (Å²) in [6.45, 7) is 5.08. The second kappa shape index (κ2) is 56.5. The number of nitrogens with zero attached hydrogens (tertiary/aromatic N) is 2. The lowest BCUT2D eigenvalue weighted by atomic mass is 9.96. The van der Waals surface area contributed by atoms with Crippen LogP contribution in [-0.4, -0.2) is 470 Å². The number of carbonyl (C=O) groups is 9. The van der Waals surface area contributed by atoms with Crippen LogP contribution in [0.25, 0.3) is 0 Å². The lowest BCUT2D eigenvalue weighted by Gasteiger charge is -2.46. The number of rotatable bonds is 46. The topological polar surface area (TPSA) is 739 Å². The van der Waals surface area contributed by atoms with E-state index in [-0.39, 0.29) is 114 Å². The molecule has 0 aliphatic carbocycles. The number of unbranched alkanes of at least 4 members (excludes halogenated alkanes) is 2. The van der Waals surface area contributed by atoms with Crippen molar-refractivity contribution in [3.8, 4) is 0 Å². The number of imide groups is 1. The van der Waals surface area contributed by atoms with E-state index < -0.39 is 254 Å². The first-order valence-electron chi connectivity index (χ1n) is 40.5. The predicted molar refractivity (Wildman–Crippen MR) is 409 cm³/mol. The molecule has 6 aliphatic heterocycles. The summed E-state index contributed by atoms with van der Waals surface area (Å²) >= 11 is 0. The van der Waals surface area contributed by atoms with Gasteiger partial charge in [-0.3, -0.25) is 53.0 Å². The number of aliphatic hydroxyl groups excluding tert-OH is 19. The third-order valence-electron chi connectivity index (χ3n) is 20.0. The summed E-state index contributed by atoms with van der Waals surface area (Å²) in [6.07, 6.45) is -41.5. The van der Waals surface area contributed by atoms with Crippen molar-refractivity contribution in [1.29, 1.82) is 0 Å². The fraction of sp³-hybridized carbons (Fsp3) is 0.877. The zero-order valence-electron chi connectivity index (χ0n) is 69.4. The summed E-state index contributed by atoms with van der Waals surface area (Å²) < 4.78 is 65.4. The molecule has 49 heteroatoms. The molecule has 0 saturated carbocycles. The minimum Gasteiger partial charge on any atom is -0.394 e. The fourth-order valence-corrected chi connectivity index (χ4v) is 12.7. The first kappa shape index (κ1) is 109. The van der Waals surface area contributed by atoms with Gasteiger partial charge in [0.25, 0.3) is 0 Å². The Morgan fingerprint density at radius 1 is 0.336 bits per heavy atom. The Kier molecular flexibility index (Phi) is 50.3. The monoisotopic (exact) mass is 1770 g/mol. The molecule has 8 amide bonds. The van der Waals surface area contributed by atoms with Crippen LogP contribution in [0.3, 0.4) is 0 Å². The van der Waals surface area contributed by atoms with Gasteiger partial charge >= 0.3 is 0 Å². The summed E-state index contributed by atoms with van der Waals surface area (Å²) in [5, 5.41) is 210. The molecule has 49 nitrogen and oxygen atoms in total. The van der Waals surface area contributed by atoms with Crippen LogP contribution in [-0.2, 0) is 100.0 Å². The summed E-state index contributed by atoms with van der Waals surface area (Å²) in [4.78, 5) is 111. The van der Waals surface area contributed by atoms with Gasteiger partial charge in [-0.25, -0.2) is 0 Å². The van der Waals surface area contributed by atoms with E-state index in [9.17, 15) is 140 Å². The lowest BCUT2D eigenvalue weighted by Crippen LogP contribution is -2.65. The van der Waals surface area contributed by atoms with Gasteiger partial charge in [-0.15, -0.1) is 0 Å². The molecule has 6 heterocycles. The smallest absolute Gasteiger partial charge is 0.242 e. The van der Waals surface area contributed by atoms with Gasteiger partial charge in [-0.05, 0) is 60.9 Å². The van der Waals surface area contributed by atoms with Gasteiger partial charge in [0.2, 0.25) is 47.3 Å². The molecule has 0 spiro atoms. The van der Waals surface area contributed by atoms with Crippen molar-refractivity contribution >= 4 is 53.0 Å². The Morgan fingerprint density at radius 2 is 0.705 bits per heavy atom. The number of likely N-dealkylation sites (N-methyl/N-ethyl adjacent to an activating group) is 2. The number of nitrogens with one attached hydrogen (secondary N) is 7. The van der Waals surface area contributed by atoms with Crippen molar-refractivity contribution < 1.29 is 197 Å². The molecule has 6 saturated heterocycles. The van der Waals surface area contributed by atoms with Gasteiger partial charge in [0.15, 0.2) is 37.7 Å². The van der Waals surface area contributed by atoms with E-state index in [1.165, 1.54) is 18.9 Å². The highest BCUT2D eigenvalue weighted by Crippen LogP contribution is 2.32. The zero-order valence-corrected chi connectivity index (χ0v) is 69.4. The van der Waals surface area contributed by atoms with Crippen molar-refractivity contribution in [2.45, 2.75) is 283 Å². The van der Waals surface area contributed by atoms with E-state index in [4.69, 9.17) is 56.8 Å². The summed E-state index contributed by atoms with van der Waals surface area (Å²) in [5.74, 6) is -3.35. The highest BCUT2D eigenvalue weighted by Gasteiger charge is 2.53. The molecule has 6 rings (SSSR count). The maximum absolute atomic E-state index is 13.2. The minimum atomic E-state index is -1.97.